The molecule has 0 unspecified atom stereocenters. The van der Waals surface area contributed by atoms with Gasteiger partial charge in [-0.2, -0.15) is 0 Å². The van der Waals surface area contributed by atoms with Crippen molar-refractivity contribution in [1.82, 2.24) is 15.5 Å². The van der Waals surface area contributed by atoms with Gasteiger partial charge in [0, 0.05) is 29.6 Å². The van der Waals surface area contributed by atoms with E-state index in [4.69, 9.17) is 0 Å². The molecule has 0 saturated heterocycles. The SMILES string of the molecule is CNCCCNCCN1C(=O)c2cccc3cccc(c23)C1=O. The molecule has 2 N–H and O–H groups in total. The van der Waals surface area contributed by atoms with Gasteiger partial charge in [0.05, 0.1) is 0 Å². The summed E-state index contributed by atoms with van der Waals surface area (Å²) in [5.41, 5.74) is 1.24. The van der Waals surface area contributed by atoms with Crippen molar-refractivity contribution >= 4 is 22.6 Å². The summed E-state index contributed by atoms with van der Waals surface area (Å²) in [5, 5.41) is 8.07. The Labute approximate surface area is 135 Å². The number of imide groups is 1. The van der Waals surface area contributed by atoms with Gasteiger partial charge >= 0.3 is 0 Å². The van der Waals surface area contributed by atoms with Crippen LogP contribution in [0.3, 0.4) is 0 Å². The Kier molecular flexibility index (Phi) is 4.69. The summed E-state index contributed by atoms with van der Waals surface area (Å²) in [6.07, 6.45) is 1.01. The number of hydrogen-bond donors (Lipinski definition) is 2. The first-order valence-corrected chi connectivity index (χ1v) is 7.97. The maximum absolute atomic E-state index is 12.6. The van der Waals surface area contributed by atoms with E-state index in [1.165, 1.54) is 4.90 Å². The Morgan fingerprint density at radius 2 is 1.57 bits per heavy atom. The quantitative estimate of drug-likeness (QED) is 0.603. The first-order valence-electron chi connectivity index (χ1n) is 7.97. The molecule has 5 nitrogen and oxygen atoms in total. The van der Waals surface area contributed by atoms with E-state index in [0.717, 1.165) is 30.3 Å². The third-order valence-electron chi connectivity index (χ3n) is 4.15. The molecule has 2 amide bonds. The van der Waals surface area contributed by atoms with Crippen LogP contribution in [0.25, 0.3) is 10.8 Å². The molecule has 0 fully saturated rings. The van der Waals surface area contributed by atoms with Crippen LogP contribution in [-0.4, -0.2) is 49.9 Å². The summed E-state index contributed by atoms with van der Waals surface area (Å²) in [4.78, 5) is 26.6. The summed E-state index contributed by atoms with van der Waals surface area (Å²) in [6, 6.07) is 11.2. The van der Waals surface area contributed by atoms with Crippen LogP contribution in [-0.2, 0) is 0 Å². The smallest absolute Gasteiger partial charge is 0.261 e. The highest BCUT2D eigenvalue weighted by Crippen LogP contribution is 2.29. The van der Waals surface area contributed by atoms with E-state index in [1.807, 2.05) is 31.3 Å². The van der Waals surface area contributed by atoms with Crippen molar-refractivity contribution in [3.8, 4) is 0 Å². The molecule has 3 rings (SSSR count). The minimum atomic E-state index is -0.198. The molecule has 0 aromatic heterocycles. The molecular weight excluding hydrogens is 290 g/mol. The number of nitrogens with one attached hydrogen (secondary N) is 2. The molecule has 0 atom stereocenters. The number of benzene rings is 2. The molecule has 1 aliphatic rings. The van der Waals surface area contributed by atoms with Gasteiger partial charge in [0.1, 0.15) is 0 Å². The first kappa shape index (κ1) is 15.6. The highest BCUT2D eigenvalue weighted by Gasteiger charge is 2.31. The molecule has 1 heterocycles. The Hall–Kier alpha value is -2.24. The third-order valence-corrected chi connectivity index (χ3v) is 4.15. The maximum Gasteiger partial charge on any atom is 0.261 e. The number of carbonyl (C=O) groups excluding carboxylic acids is 2. The van der Waals surface area contributed by atoms with Gasteiger partial charge in [-0.25, -0.2) is 0 Å². The van der Waals surface area contributed by atoms with Crippen molar-refractivity contribution in [2.75, 3.05) is 33.2 Å². The van der Waals surface area contributed by atoms with E-state index in [9.17, 15) is 9.59 Å². The largest absolute Gasteiger partial charge is 0.320 e. The Morgan fingerprint density at radius 1 is 0.913 bits per heavy atom. The van der Waals surface area contributed by atoms with E-state index >= 15 is 0 Å². The minimum Gasteiger partial charge on any atom is -0.320 e. The third kappa shape index (κ3) is 2.98. The Balaban J connectivity index is 1.75. The van der Waals surface area contributed by atoms with Crippen LogP contribution in [0.5, 0.6) is 0 Å². The molecule has 2 aromatic rings. The van der Waals surface area contributed by atoms with Gasteiger partial charge in [-0.05, 0) is 44.1 Å². The van der Waals surface area contributed by atoms with Gasteiger partial charge in [-0.1, -0.05) is 24.3 Å². The predicted octanol–water partition coefficient (Wildman–Crippen LogP) is 1.63. The lowest BCUT2D eigenvalue weighted by atomic mass is 9.94. The number of rotatable bonds is 7. The van der Waals surface area contributed by atoms with Crippen molar-refractivity contribution in [2.24, 2.45) is 0 Å². The van der Waals surface area contributed by atoms with E-state index in [1.54, 1.807) is 12.1 Å². The minimum absolute atomic E-state index is 0.198. The average Bonchev–Trinajstić information content (AvgIpc) is 2.58. The lowest BCUT2D eigenvalue weighted by Gasteiger charge is -2.27. The van der Waals surface area contributed by atoms with Crippen LogP contribution in [0.2, 0.25) is 0 Å². The molecular formula is C18H21N3O2. The fraction of sp³-hybridized carbons (Fsp3) is 0.333. The van der Waals surface area contributed by atoms with Crippen LogP contribution in [0.15, 0.2) is 36.4 Å². The zero-order valence-corrected chi connectivity index (χ0v) is 13.3. The van der Waals surface area contributed by atoms with E-state index in [2.05, 4.69) is 10.6 Å². The molecule has 0 aliphatic carbocycles. The molecule has 0 radical (unpaired) electrons. The van der Waals surface area contributed by atoms with Crippen molar-refractivity contribution in [3.63, 3.8) is 0 Å². The van der Waals surface area contributed by atoms with Crippen LogP contribution in [0.1, 0.15) is 27.1 Å². The van der Waals surface area contributed by atoms with Crippen LogP contribution >= 0.6 is 0 Å². The summed E-state index contributed by atoms with van der Waals surface area (Å²) >= 11 is 0. The highest BCUT2D eigenvalue weighted by molar-refractivity contribution is 6.25. The van der Waals surface area contributed by atoms with E-state index in [0.29, 0.717) is 24.2 Å². The zero-order valence-electron chi connectivity index (χ0n) is 13.3. The number of carbonyl (C=O) groups is 2. The predicted molar refractivity (Wildman–Crippen MR) is 90.7 cm³/mol. The second kappa shape index (κ2) is 6.89. The summed E-state index contributed by atoms with van der Waals surface area (Å²) in [7, 11) is 1.92. The maximum atomic E-state index is 12.6. The van der Waals surface area contributed by atoms with Gasteiger partial charge in [-0.3, -0.25) is 14.5 Å². The monoisotopic (exact) mass is 311 g/mol. The van der Waals surface area contributed by atoms with Crippen molar-refractivity contribution < 1.29 is 9.59 Å². The van der Waals surface area contributed by atoms with Crippen LogP contribution in [0.4, 0.5) is 0 Å². The molecule has 0 spiro atoms. The lowest BCUT2D eigenvalue weighted by Crippen LogP contribution is -2.44. The molecule has 5 heteroatoms. The van der Waals surface area contributed by atoms with Gasteiger partial charge in [0.15, 0.2) is 0 Å². The van der Waals surface area contributed by atoms with Crippen LogP contribution < -0.4 is 10.6 Å². The van der Waals surface area contributed by atoms with E-state index < -0.39 is 0 Å². The molecule has 23 heavy (non-hydrogen) atoms. The number of nitrogens with zero attached hydrogens (tertiary/aromatic N) is 1. The van der Waals surface area contributed by atoms with Gasteiger partial charge in [0.2, 0.25) is 0 Å². The van der Waals surface area contributed by atoms with Gasteiger partial charge in [-0.15, -0.1) is 0 Å². The second-order valence-electron chi connectivity index (χ2n) is 5.68. The molecule has 0 bridgehead atoms. The fourth-order valence-corrected chi connectivity index (χ4v) is 2.99. The van der Waals surface area contributed by atoms with Gasteiger partial charge < -0.3 is 10.6 Å². The summed E-state index contributed by atoms with van der Waals surface area (Å²) in [5.74, 6) is -0.396. The van der Waals surface area contributed by atoms with Crippen molar-refractivity contribution in [1.29, 1.82) is 0 Å². The summed E-state index contributed by atoms with van der Waals surface area (Å²) in [6.45, 7) is 2.81. The molecule has 120 valence electrons. The standard InChI is InChI=1S/C18H21N3O2/c1-19-9-4-10-20-11-12-21-17(22)14-7-2-5-13-6-3-8-15(16(13)14)18(21)23/h2-3,5-8,19-20H,4,9-12H2,1H3. The topological polar surface area (TPSA) is 61.4 Å². The molecule has 0 saturated carbocycles. The highest BCUT2D eigenvalue weighted by atomic mass is 16.2. The fourth-order valence-electron chi connectivity index (χ4n) is 2.99. The number of amides is 2. The van der Waals surface area contributed by atoms with E-state index in [-0.39, 0.29) is 11.8 Å². The summed E-state index contributed by atoms with van der Waals surface area (Å²) < 4.78 is 0. The Bertz CT molecular complexity index is 691. The lowest BCUT2D eigenvalue weighted by molar-refractivity contribution is 0.0612. The number of hydrogen-bond acceptors (Lipinski definition) is 4. The Morgan fingerprint density at radius 3 is 2.17 bits per heavy atom. The first-order chi connectivity index (χ1) is 11.2. The molecule has 2 aromatic carbocycles. The normalized spacial score (nSPS) is 13.9. The molecule has 1 aliphatic heterocycles. The second-order valence-corrected chi connectivity index (χ2v) is 5.68. The zero-order chi connectivity index (χ0) is 16.2. The van der Waals surface area contributed by atoms with Crippen molar-refractivity contribution in [3.05, 3.63) is 47.5 Å². The van der Waals surface area contributed by atoms with Gasteiger partial charge in [0.25, 0.3) is 11.8 Å². The average molecular weight is 311 g/mol. The van der Waals surface area contributed by atoms with Crippen molar-refractivity contribution in [2.45, 2.75) is 6.42 Å². The van der Waals surface area contributed by atoms with Crippen LogP contribution in [0, 0.1) is 0 Å².